The van der Waals surface area contributed by atoms with Gasteiger partial charge in [-0.3, -0.25) is 4.98 Å². The maximum absolute atomic E-state index is 10.2. The fourth-order valence-electron chi connectivity index (χ4n) is 0.750. The van der Waals surface area contributed by atoms with Crippen LogP contribution in [0.3, 0.4) is 0 Å². The maximum Gasteiger partial charge on any atom is 0.330 e. The summed E-state index contributed by atoms with van der Waals surface area (Å²) in [5, 5.41) is 8.37. The molecule has 3 N–H and O–H groups in total. The molecule has 1 rings (SSSR count). The van der Waals surface area contributed by atoms with Crippen LogP contribution < -0.4 is 5.73 Å². The van der Waals surface area contributed by atoms with E-state index in [-0.39, 0.29) is 5.70 Å². The van der Waals surface area contributed by atoms with Gasteiger partial charge in [-0.25, -0.2) is 4.79 Å². The van der Waals surface area contributed by atoms with E-state index in [0.29, 0.717) is 5.56 Å². The Bertz CT molecular complexity index is 306. The summed E-state index contributed by atoms with van der Waals surface area (Å²) in [6, 6.07) is 3.39. The summed E-state index contributed by atoms with van der Waals surface area (Å²) in [5.74, 6) is -1.06. The van der Waals surface area contributed by atoms with Crippen molar-refractivity contribution in [2.75, 3.05) is 0 Å². The van der Waals surface area contributed by atoms with Crippen LogP contribution in [0.5, 0.6) is 0 Å². The van der Waals surface area contributed by atoms with Crippen molar-refractivity contribution in [2.45, 2.75) is 0 Å². The third-order valence-corrected chi connectivity index (χ3v) is 1.27. The molecule has 1 heterocycles. The van der Waals surface area contributed by atoms with E-state index in [4.69, 9.17) is 10.8 Å². The molecule has 4 nitrogen and oxygen atoms in total. The summed E-state index contributed by atoms with van der Waals surface area (Å²) in [5.41, 5.74) is 6.25. The highest BCUT2D eigenvalue weighted by Gasteiger charge is 1.97. The van der Waals surface area contributed by atoms with Crippen LogP contribution in [-0.2, 0) is 4.79 Å². The van der Waals surface area contributed by atoms with E-state index in [1.54, 1.807) is 18.3 Å². The molecule has 12 heavy (non-hydrogen) atoms. The number of nitrogens with two attached hydrogens (primary N) is 1. The minimum Gasteiger partial charge on any atom is -0.478 e. The Hall–Kier alpha value is -1.84. The van der Waals surface area contributed by atoms with E-state index in [2.05, 4.69) is 4.98 Å². The first-order chi connectivity index (χ1) is 5.70. The number of hydrogen-bond acceptors (Lipinski definition) is 3. The smallest absolute Gasteiger partial charge is 0.330 e. The molecule has 1 aromatic heterocycles. The van der Waals surface area contributed by atoms with E-state index in [1.807, 2.05) is 0 Å². The second kappa shape index (κ2) is 3.52. The molecule has 0 aromatic carbocycles. The Balaban J connectivity index is 2.93. The molecule has 0 aliphatic rings. The minimum atomic E-state index is -1.06. The average molecular weight is 164 g/mol. The van der Waals surface area contributed by atoms with Gasteiger partial charge in [-0.15, -0.1) is 0 Å². The van der Waals surface area contributed by atoms with Gasteiger partial charge in [0.1, 0.15) is 0 Å². The van der Waals surface area contributed by atoms with Crippen LogP contribution in [0.15, 0.2) is 30.6 Å². The van der Waals surface area contributed by atoms with Crippen LogP contribution in [0.4, 0.5) is 0 Å². The molecule has 0 atom stereocenters. The number of pyridine rings is 1. The molecule has 0 radical (unpaired) electrons. The normalized spacial score (nSPS) is 11.2. The molecule has 0 unspecified atom stereocenters. The third-order valence-electron chi connectivity index (χ3n) is 1.27. The zero-order valence-electron chi connectivity index (χ0n) is 6.27. The summed E-state index contributed by atoms with van der Waals surface area (Å²) >= 11 is 0. The zero-order chi connectivity index (χ0) is 8.97. The highest BCUT2D eigenvalue weighted by atomic mass is 16.4. The first-order valence-electron chi connectivity index (χ1n) is 3.30. The second-order valence-electron chi connectivity index (χ2n) is 2.18. The predicted molar refractivity (Wildman–Crippen MR) is 44.0 cm³/mol. The second-order valence-corrected chi connectivity index (χ2v) is 2.18. The van der Waals surface area contributed by atoms with Crippen LogP contribution in [-0.4, -0.2) is 16.1 Å². The Labute approximate surface area is 69.4 Å². The van der Waals surface area contributed by atoms with E-state index < -0.39 is 5.97 Å². The Morgan fingerprint density at radius 2 is 2.42 bits per heavy atom. The highest BCUT2D eigenvalue weighted by molar-refractivity contribution is 5.88. The van der Waals surface area contributed by atoms with Crippen molar-refractivity contribution >= 4 is 11.7 Å². The number of aromatic nitrogens is 1. The van der Waals surface area contributed by atoms with E-state index in [1.165, 1.54) is 6.20 Å². The molecule has 0 saturated carbocycles. The summed E-state index contributed by atoms with van der Waals surface area (Å²) < 4.78 is 0. The Morgan fingerprint density at radius 1 is 1.67 bits per heavy atom. The Kier molecular flexibility index (Phi) is 2.42. The van der Waals surface area contributed by atoms with E-state index in [9.17, 15) is 4.79 Å². The molecule has 0 aliphatic carbocycles. The number of carboxylic acids is 1. The van der Waals surface area contributed by atoms with Crippen molar-refractivity contribution in [3.05, 3.63) is 36.2 Å². The van der Waals surface area contributed by atoms with Crippen molar-refractivity contribution in [3.63, 3.8) is 0 Å². The quantitative estimate of drug-likeness (QED) is 0.623. The summed E-state index contributed by atoms with van der Waals surface area (Å²) in [6.07, 6.45) is 4.04. The van der Waals surface area contributed by atoms with Gasteiger partial charge in [-0.2, -0.15) is 0 Å². The molecule has 0 spiro atoms. The van der Waals surface area contributed by atoms with Gasteiger partial charge in [0.15, 0.2) is 0 Å². The lowest BCUT2D eigenvalue weighted by Crippen LogP contribution is -2.00. The van der Waals surface area contributed by atoms with E-state index in [0.717, 1.165) is 6.08 Å². The summed E-state index contributed by atoms with van der Waals surface area (Å²) in [6.45, 7) is 0. The molecule has 1 aromatic rings. The van der Waals surface area contributed by atoms with E-state index >= 15 is 0 Å². The first kappa shape index (κ1) is 8.26. The zero-order valence-corrected chi connectivity index (χ0v) is 6.27. The van der Waals surface area contributed by atoms with Crippen LogP contribution >= 0.6 is 0 Å². The van der Waals surface area contributed by atoms with Crippen LogP contribution in [0.1, 0.15) is 5.56 Å². The fraction of sp³-hybridized carbons (Fsp3) is 0. The van der Waals surface area contributed by atoms with Crippen LogP contribution in [0.25, 0.3) is 5.70 Å². The van der Waals surface area contributed by atoms with Crippen molar-refractivity contribution in [2.24, 2.45) is 5.73 Å². The number of hydrogen-bond donors (Lipinski definition) is 2. The number of carbonyl (C=O) groups is 1. The number of nitrogens with zero attached hydrogens (tertiary/aromatic N) is 1. The van der Waals surface area contributed by atoms with Crippen LogP contribution in [0.2, 0.25) is 0 Å². The molecule has 0 bridgehead atoms. The molecule has 62 valence electrons. The lowest BCUT2D eigenvalue weighted by atomic mass is 10.2. The van der Waals surface area contributed by atoms with Gasteiger partial charge in [-0.05, 0) is 12.1 Å². The highest BCUT2D eigenvalue weighted by Crippen LogP contribution is 2.04. The van der Waals surface area contributed by atoms with Crippen molar-refractivity contribution in [1.29, 1.82) is 0 Å². The molecule has 4 heteroatoms. The summed E-state index contributed by atoms with van der Waals surface area (Å²) in [4.78, 5) is 14.0. The van der Waals surface area contributed by atoms with Crippen molar-refractivity contribution in [3.8, 4) is 0 Å². The average Bonchev–Trinajstić information content (AvgIpc) is 2.05. The molecule has 0 saturated heterocycles. The lowest BCUT2D eigenvalue weighted by Gasteiger charge is -1.97. The number of carboxylic acid groups (broad SMARTS) is 1. The van der Waals surface area contributed by atoms with Gasteiger partial charge in [-0.1, -0.05) is 0 Å². The molecular formula is C8H8N2O2. The molecule has 0 fully saturated rings. The fourth-order valence-corrected chi connectivity index (χ4v) is 0.750. The standard InChI is InChI=1S/C8H8N2O2/c9-7(4-8(11)12)6-2-1-3-10-5-6/h1-5H,9H2,(H,11,12). The number of rotatable bonds is 2. The molecule has 0 aliphatic heterocycles. The lowest BCUT2D eigenvalue weighted by molar-refractivity contribution is -0.131. The van der Waals surface area contributed by atoms with Crippen LogP contribution in [0, 0.1) is 0 Å². The van der Waals surface area contributed by atoms with Crippen molar-refractivity contribution in [1.82, 2.24) is 4.98 Å². The minimum absolute atomic E-state index is 0.204. The predicted octanol–water partition coefficient (Wildman–Crippen LogP) is 0.466. The monoisotopic (exact) mass is 164 g/mol. The Morgan fingerprint density at radius 3 is 2.92 bits per heavy atom. The summed E-state index contributed by atoms with van der Waals surface area (Å²) in [7, 11) is 0. The number of aliphatic carboxylic acids is 1. The van der Waals surface area contributed by atoms with Gasteiger partial charge in [0.05, 0.1) is 0 Å². The largest absolute Gasteiger partial charge is 0.478 e. The van der Waals surface area contributed by atoms with Gasteiger partial charge < -0.3 is 10.8 Å². The SMILES string of the molecule is NC(=CC(=O)O)c1cccnc1. The van der Waals surface area contributed by atoms with Crippen molar-refractivity contribution < 1.29 is 9.90 Å². The van der Waals surface area contributed by atoms with Gasteiger partial charge in [0.2, 0.25) is 0 Å². The molecule has 0 amide bonds. The van der Waals surface area contributed by atoms with Gasteiger partial charge in [0.25, 0.3) is 0 Å². The van der Waals surface area contributed by atoms with Gasteiger partial charge in [0, 0.05) is 29.7 Å². The third kappa shape index (κ3) is 2.09. The maximum atomic E-state index is 10.2. The van der Waals surface area contributed by atoms with Gasteiger partial charge >= 0.3 is 5.97 Å². The topological polar surface area (TPSA) is 76.2 Å². The molecular weight excluding hydrogens is 156 g/mol. The first-order valence-corrected chi connectivity index (χ1v) is 3.30.